The molecule has 0 bridgehead atoms. The van der Waals surface area contributed by atoms with Gasteiger partial charge in [-0.2, -0.15) is 0 Å². The number of unbranched alkanes of at least 4 members (excludes halogenated alkanes) is 41. The van der Waals surface area contributed by atoms with E-state index in [0.717, 1.165) is 114 Å². The molecule has 0 aromatic heterocycles. The van der Waals surface area contributed by atoms with Crippen LogP contribution in [0.15, 0.2) is 0 Å². The fourth-order valence-corrected chi connectivity index (χ4v) is 13.6. The van der Waals surface area contributed by atoms with Crippen molar-refractivity contribution in [2.24, 2.45) is 23.7 Å². The maximum atomic E-state index is 13.1. The molecule has 6 atom stereocenters. The number of phosphoric ester groups is 2. The van der Waals surface area contributed by atoms with Crippen LogP contribution in [0.2, 0.25) is 0 Å². The lowest BCUT2D eigenvalue weighted by Crippen LogP contribution is -2.30. The Morgan fingerprint density at radius 3 is 0.724 bits per heavy atom. The maximum Gasteiger partial charge on any atom is 0.472 e. The SMILES string of the molecule is CCC(C)CCCCCCCCCCC(=O)OC[C@H](COP(=O)(O)OC[C@@H](O)COP(=O)(O)OC[C@@H](COC(=O)CCCCCCCCC(C)C)OC(=O)CCCCCCCCCCCCCCCC(C)C)OC(=O)CCCCCCCCCCCCCCCCCCCCC(C)C. The van der Waals surface area contributed by atoms with Crippen LogP contribution in [0.1, 0.15) is 402 Å². The molecule has 19 heteroatoms. The number of carbonyl (C=O) groups is 4. The smallest absolute Gasteiger partial charge is 0.462 e. The van der Waals surface area contributed by atoms with E-state index in [4.69, 9.17) is 37.0 Å². The van der Waals surface area contributed by atoms with Crippen LogP contribution in [0.25, 0.3) is 0 Å². The van der Waals surface area contributed by atoms with Crippen molar-refractivity contribution in [2.45, 2.75) is 420 Å². The molecular weight excluding hydrogens is 1280 g/mol. The Morgan fingerprint density at radius 1 is 0.286 bits per heavy atom. The minimum absolute atomic E-state index is 0.106. The van der Waals surface area contributed by atoms with Crippen LogP contribution in [0.4, 0.5) is 0 Å². The van der Waals surface area contributed by atoms with Crippen molar-refractivity contribution in [1.82, 2.24) is 0 Å². The molecule has 0 aromatic rings. The van der Waals surface area contributed by atoms with Crippen LogP contribution in [-0.2, 0) is 65.4 Å². The molecule has 0 heterocycles. The van der Waals surface area contributed by atoms with Gasteiger partial charge in [0.05, 0.1) is 26.4 Å². The molecule has 98 heavy (non-hydrogen) atoms. The molecule has 0 saturated heterocycles. The van der Waals surface area contributed by atoms with E-state index in [2.05, 4.69) is 55.4 Å². The van der Waals surface area contributed by atoms with Gasteiger partial charge in [0.25, 0.3) is 0 Å². The molecule has 3 N–H and O–H groups in total. The Labute approximate surface area is 600 Å². The van der Waals surface area contributed by atoms with Crippen LogP contribution < -0.4 is 0 Å². The second-order valence-corrected chi connectivity index (χ2v) is 33.0. The molecule has 0 radical (unpaired) electrons. The summed E-state index contributed by atoms with van der Waals surface area (Å²) in [4.78, 5) is 72.9. The molecule has 3 unspecified atom stereocenters. The van der Waals surface area contributed by atoms with E-state index in [9.17, 15) is 43.2 Å². The average Bonchev–Trinajstić information content (AvgIpc) is 1.41. The number of carbonyl (C=O) groups excluding carboxylic acids is 4. The molecule has 0 rings (SSSR count). The maximum absolute atomic E-state index is 13.1. The van der Waals surface area contributed by atoms with Gasteiger partial charge in [-0.3, -0.25) is 37.3 Å². The van der Waals surface area contributed by atoms with Gasteiger partial charge < -0.3 is 33.8 Å². The number of esters is 4. The fourth-order valence-electron chi connectivity index (χ4n) is 12.0. The molecule has 0 aromatic carbocycles. The van der Waals surface area contributed by atoms with E-state index in [1.807, 2.05) is 0 Å². The number of hydrogen-bond donors (Lipinski definition) is 3. The van der Waals surface area contributed by atoms with Gasteiger partial charge in [-0.25, -0.2) is 9.13 Å². The quantitative estimate of drug-likeness (QED) is 0.0222. The first-order valence-corrected chi connectivity index (χ1v) is 43.7. The van der Waals surface area contributed by atoms with E-state index < -0.39 is 97.5 Å². The minimum atomic E-state index is -4.96. The summed E-state index contributed by atoms with van der Waals surface area (Å²) in [5.41, 5.74) is 0. The third kappa shape index (κ3) is 71.1. The zero-order chi connectivity index (χ0) is 72.4. The normalized spacial score (nSPS) is 14.3. The molecular formula is C79H154O17P2. The summed E-state index contributed by atoms with van der Waals surface area (Å²) in [5.74, 6) is 0.944. The van der Waals surface area contributed by atoms with Crippen molar-refractivity contribution >= 4 is 39.5 Å². The lowest BCUT2D eigenvalue weighted by molar-refractivity contribution is -0.161. The molecule has 0 fully saturated rings. The molecule has 0 aliphatic heterocycles. The minimum Gasteiger partial charge on any atom is -0.462 e. The third-order valence-electron chi connectivity index (χ3n) is 18.7. The van der Waals surface area contributed by atoms with Crippen LogP contribution in [0.5, 0.6) is 0 Å². The van der Waals surface area contributed by atoms with Crippen molar-refractivity contribution in [3.63, 3.8) is 0 Å². The highest BCUT2D eigenvalue weighted by Gasteiger charge is 2.30. The fraction of sp³-hybridized carbons (Fsp3) is 0.949. The van der Waals surface area contributed by atoms with Crippen molar-refractivity contribution in [2.75, 3.05) is 39.6 Å². The lowest BCUT2D eigenvalue weighted by Gasteiger charge is -2.21. The Hall–Kier alpha value is -1.94. The lowest BCUT2D eigenvalue weighted by atomic mass is 9.99. The molecule has 0 aliphatic rings. The standard InChI is InChI=1S/C79H154O17P2/c1-9-72(8)58-50-42-33-29-30-34-43-51-59-76(81)89-65-74(95-78(83)61-53-45-35-27-23-19-15-13-11-10-12-14-17-21-25-31-39-47-55-69(2)3)67-93-97(85,86)91-63-73(80)64-92-98(87,88)94-68-75(66-90-77(82)60-52-44-38-37-41-49-57-71(6)7)96-79(84)62-54-46-36-28-24-20-16-18-22-26-32-40-48-56-70(4)5/h69-75,80H,9-68H2,1-8H3,(H,85,86)(H,87,88)/t72?,73-,74-,75-/m1/s1. The molecule has 17 nitrogen and oxygen atoms in total. The van der Waals surface area contributed by atoms with Crippen LogP contribution >= 0.6 is 15.6 Å². The van der Waals surface area contributed by atoms with Crippen molar-refractivity contribution in [1.29, 1.82) is 0 Å². The number of ether oxygens (including phenoxy) is 4. The van der Waals surface area contributed by atoms with Crippen LogP contribution in [-0.4, -0.2) is 96.7 Å². The van der Waals surface area contributed by atoms with Crippen molar-refractivity contribution < 1.29 is 80.2 Å². The van der Waals surface area contributed by atoms with Gasteiger partial charge in [0.1, 0.15) is 19.3 Å². The number of hydrogen-bond acceptors (Lipinski definition) is 15. The summed E-state index contributed by atoms with van der Waals surface area (Å²) in [6, 6.07) is 0. The molecule has 0 aliphatic carbocycles. The monoisotopic (exact) mass is 1440 g/mol. The molecule has 582 valence electrons. The van der Waals surface area contributed by atoms with Crippen molar-refractivity contribution in [3.8, 4) is 0 Å². The van der Waals surface area contributed by atoms with E-state index >= 15 is 0 Å². The van der Waals surface area contributed by atoms with Crippen LogP contribution in [0, 0.1) is 23.7 Å². The largest absolute Gasteiger partial charge is 0.472 e. The highest BCUT2D eigenvalue weighted by Crippen LogP contribution is 2.45. The van der Waals surface area contributed by atoms with E-state index in [0.29, 0.717) is 31.6 Å². The van der Waals surface area contributed by atoms with Gasteiger partial charge >= 0.3 is 39.5 Å². The Morgan fingerprint density at radius 2 is 0.490 bits per heavy atom. The van der Waals surface area contributed by atoms with Gasteiger partial charge in [0, 0.05) is 25.7 Å². The predicted octanol–water partition coefficient (Wildman–Crippen LogP) is 23.2. The number of aliphatic hydroxyl groups is 1. The topological polar surface area (TPSA) is 237 Å². The highest BCUT2D eigenvalue weighted by molar-refractivity contribution is 7.47. The second kappa shape index (κ2) is 68.2. The zero-order valence-electron chi connectivity index (χ0n) is 64.4. The Kier molecular flexibility index (Phi) is 66.8. The van der Waals surface area contributed by atoms with Crippen molar-refractivity contribution in [3.05, 3.63) is 0 Å². The third-order valence-corrected chi connectivity index (χ3v) is 20.6. The first kappa shape index (κ1) is 96.1. The number of aliphatic hydroxyl groups excluding tert-OH is 1. The first-order valence-electron chi connectivity index (χ1n) is 40.7. The average molecular weight is 1440 g/mol. The first-order chi connectivity index (χ1) is 47.1. The summed E-state index contributed by atoms with van der Waals surface area (Å²) in [7, 11) is -9.92. The van der Waals surface area contributed by atoms with E-state index in [-0.39, 0.29) is 25.7 Å². The van der Waals surface area contributed by atoms with Gasteiger partial charge in [0.2, 0.25) is 0 Å². The highest BCUT2D eigenvalue weighted by atomic mass is 31.2. The summed E-state index contributed by atoms with van der Waals surface area (Å²) in [6.45, 7) is 14.2. The molecule has 0 amide bonds. The summed E-state index contributed by atoms with van der Waals surface area (Å²) < 4.78 is 68.6. The predicted molar refractivity (Wildman–Crippen MR) is 400 cm³/mol. The molecule has 0 spiro atoms. The van der Waals surface area contributed by atoms with Gasteiger partial charge in [-0.1, -0.05) is 351 Å². The summed E-state index contributed by atoms with van der Waals surface area (Å²) in [5, 5.41) is 10.6. The van der Waals surface area contributed by atoms with Gasteiger partial charge in [0.15, 0.2) is 12.2 Å². The molecule has 0 saturated carbocycles. The Balaban J connectivity index is 5.19. The number of rotatable bonds is 76. The van der Waals surface area contributed by atoms with Crippen LogP contribution in [0.3, 0.4) is 0 Å². The van der Waals surface area contributed by atoms with E-state index in [1.165, 1.54) is 199 Å². The Bertz CT molecular complexity index is 1920. The van der Waals surface area contributed by atoms with Gasteiger partial charge in [-0.05, 0) is 49.4 Å². The number of phosphoric acid groups is 2. The van der Waals surface area contributed by atoms with E-state index in [1.54, 1.807) is 0 Å². The summed E-state index contributed by atoms with van der Waals surface area (Å²) >= 11 is 0. The second-order valence-electron chi connectivity index (χ2n) is 30.1. The zero-order valence-corrected chi connectivity index (χ0v) is 66.2. The van der Waals surface area contributed by atoms with Gasteiger partial charge in [-0.15, -0.1) is 0 Å². The summed E-state index contributed by atoms with van der Waals surface area (Å²) in [6.07, 6.45) is 54.3.